The van der Waals surface area contributed by atoms with Crippen LogP contribution in [0.2, 0.25) is 0 Å². The molecule has 1 N–H and O–H groups in total. The number of rotatable bonds is 6. The minimum atomic E-state index is -0.529. The van der Waals surface area contributed by atoms with Gasteiger partial charge in [-0.1, -0.05) is 31.2 Å². The molecule has 0 aliphatic heterocycles. The van der Waals surface area contributed by atoms with E-state index in [4.69, 9.17) is 9.94 Å². The first-order valence-corrected chi connectivity index (χ1v) is 7.37. The van der Waals surface area contributed by atoms with E-state index in [0.29, 0.717) is 34.1 Å². The Bertz CT molecular complexity index is 692. The van der Waals surface area contributed by atoms with Gasteiger partial charge in [-0.05, 0) is 30.7 Å². The van der Waals surface area contributed by atoms with Gasteiger partial charge in [0, 0.05) is 23.7 Å². The molecule has 0 saturated carbocycles. The molecule has 1 amide bonds. The Hall–Kier alpha value is -2.66. The highest BCUT2D eigenvalue weighted by atomic mass is 16.5. The monoisotopic (exact) mass is 313 g/mol. The van der Waals surface area contributed by atoms with Gasteiger partial charge < -0.3 is 4.74 Å². The van der Waals surface area contributed by atoms with Crippen LogP contribution in [0.5, 0.6) is 5.75 Å². The van der Waals surface area contributed by atoms with E-state index in [9.17, 15) is 9.59 Å². The van der Waals surface area contributed by atoms with Gasteiger partial charge in [-0.15, -0.1) is 0 Å². The quantitative estimate of drug-likeness (QED) is 0.505. The first-order valence-electron chi connectivity index (χ1n) is 7.37. The number of carbonyl (C=O) groups excluding carboxylic acids is 2. The van der Waals surface area contributed by atoms with Gasteiger partial charge >= 0.3 is 0 Å². The molecule has 0 fully saturated rings. The summed E-state index contributed by atoms with van der Waals surface area (Å²) in [7, 11) is 1.25. The Labute approximate surface area is 135 Å². The zero-order chi connectivity index (χ0) is 16.8. The van der Waals surface area contributed by atoms with E-state index in [0.717, 1.165) is 6.42 Å². The summed E-state index contributed by atoms with van der Waals surface area (Å²) in [5.74, 6) is -0.0198. The van der Waals surface area contributed by atoms with Crippen LogP contribution >= 0.6 is 0 Å². The van der Waals surface area contributed by atoms with Crippen LogP contribution in [0.25, 0.3) is 0 Å². The minimum Gasteiger partial charge on any atom is -0.494 e. The topological polar surface area (TPSA) is 66.8 Å². The third-order valence-corrected chi connectivity index (χ3v) is 3.26. The van der Waals surface area contributed by atoms with Gasteiger partial charge in [-0.2, -0.15) is 0 Å². The molecule has 23 heavy (non-hydrogen) atoms. The molecule has 2 rings (SSSR count). The van der Waals surface area contributed by atoms with E-state index in [2.05, 4.69) is 0 Å². The van der Waals surface area contributed by atoms with Crippen molar-refractivity contribution in [1.29, 1.82) is 0 Å². The second-order valence-corrected chi connectivity index (χ2v) is 5.11. The van der Waals surface area contributed by atoms with Crippen LogP contribution in [0.1, 0.15) is 39.6 Å². The number of hydrogen-bond donors (Lipinski definition) is 1. The zero-order valence-electron chi connectivity index (χ0n) is 13.2. The fourth-order valence-corrected chi connectivity index (χ4v) is 2.06. The maximum atomic E-state index is 12.5. The number of carbonyl (C=O) groups is 2. The smallest absolute Gasteiger partial charge is 0.276 e. The van der Waals surface area contributed by atoms with Gasteiger partial charge in [0.25, 0.3) is 5.91 Å². The largest absolute Gasteiger partial charge is 0.494 e. The Balaban J connectivity index is 2.18. The first-order chi connectivity index (χ1) is 11.0. The van der Waals surface area contributed by atoms with Crippen molar-refractivity contribution in [2.45, 2.75) is 13.3 Å². The summed E-state index contributed by atoms with van der Waals surface area (Å²) in [4.78, 5) is 24.1. The average Bonchev–Trinajstić information content (AvgIpc) is 2.59. The summed E-state index contributed by atoms with van der Waals surface area (Å²) in [5.41, 5.74) is 1.30. The Kier molecular flexibility index (Phi) is 5.49. The first kappa shape index (κ1) is 16.7. The summed E-state index contributed by atoms with van der Waals surface area (Å²) in [5, 5.41) is 9.64. The highest BCUT2D eigenvalue weighted by Crippen LogP contribution is 2.17. The lowest BCUT2D eigenvalue weighted by atomic mass is 10.0. The fraction of sp³-hybridized carbons (Fsp3) is 0.222. The van der Waals surface area contributed by atoms with Crippen LogP contribution < -0.4 is 4.74 Å². The van der Waals surface area contributed by atoms with Crippen LogP contribution in [0, 0.1) is 0 Å². The third kappa shape index (κ3) is 4.17. The van der Waals surface area contributed by atoms with Gasteiger partial charge in [-0.3, -0.25) is 14.8 Å². The fourth-order valence-electron chi connectivity index (χ4n) is 2.06. The standard InChI is InChI=1S/C18H19NO4/c1-3-11-23-16-6-4-5-15(12-16)17(20)13-7-9-14(10-8-13)18(21)19(2)22/h4-10,12,22H,3,11H2,1-2H3. The summed E-state index contributed by atoms with van der Waals surface area (Å²) in [6, 6.07) is 13.2. The van der Waals surface area contributed by atoms with Crippen molar-refractivity contribution >= 4 is 11.7 Å². The highest BCUT2D eigenvalue weighted by Gasteiger charge is 2.13. The molecule has 2 aromatic rings. The van der Waals surface area contributed by atoms with Crippen molar-refractivity contribution in [2.75, 3.05) is 13.7 Å². The summed E-state index contributed by atoms with van der Waals surface area (Å²) in [6.45, 7) is 2.62. The molecule has 0 radical (unpaired) electrons. The number of ketones is 1. The summed E-state index contributed by atoms with van der Waals surface area (Å²) >= 11 is 0. The predicted octanol–water partition coefficient (Wildman–Crippen LogP) is 3.17. The third-order valence-electron chi connectivity index (χ3n) is 3.26. The van der Waals surface area contributed by atoms with Crippen LogP contribution in [0.15, 0.2) is 48.5 Å². The van der Waals surface area contributed by atoms with Gasteiger partial charge in [0.05, 0.1) is 6.61 Å². The lowest BCUT2D eigenvalue weighted by Crippen LogP contribution is -2.22. The molecule has 5 heteroatoms. The molecule has 2 aromatic carbocycles. The summed E-state index contributed by atoms with van der Waals surface area (Å²) in [6.07, 6.45) is 0.896. The van der Waals surface area contributed by atoms with Crippen molar-refractivity contribution in [2.24, 2.45) is 0 Å². The van der Waals surface area contributed by atoms with Crippen molar-refractivity contribution < 1.29 is 19.5 Å². The lowest BCUT2D eigenvalue weighted by Gasteiger charge is -2.09. The van der Waals surface area contributed by atoms with E-state index >= 15 is 0 Å². The van der Waals surface area contributed by atoms with Crippen molar-refractivity contribution in [3.05, 3.63) is 65.2 Å². The molecule has 0 saturated heterocycles. The number of ether oxygens (including phenoxy) is 1. The Morgan fingerprint density at radius 1 is 1.04 bits per heavy atom. The Morgan fingerprint density at radius 3 is 2.30 bits per heavy atom. The van der Waals surface area contributed by atoms with Gasteiger partial charge in [0.15, 0.2) is 5.78 Å². The van der Waals surface area contributed by atoms with Gasteiger partial charge in [0.1, 0.15) is 5.75 Å². The molecule has 0 aromatic heterocycles. The number of hydroxylamine groups is 2. The van der Waals surface area contributed by atoms with Crippen molar-refractivity contribution in [1.82, 2.24) is 5.06 Å². The highest BCUT2D eigenvalue weighted by molar-refractivity contribution is 6.09. The van der Waals surface area contributed by atoms with Crippen molar-refractivity contribution in [3.8, 4) is 5.75 Å². The van der Waals surface area contributed by atoms with Crippen LogP contribution in [0.3, 0.4) is 0 Å². The maximum absolute atomic E-state index is 12.5. The molecule has 0 aliphatic rings. The minimum absolute atomic E-state index is 0.150. The molecular weight excluding hydrogens is 294 g/mol. The second kappa shape index (κ2) is 7.56. The van der Waals surface area contributed by atoms with Crippen molar-refractivity contribution in [3.63, 3.8) is 0 Å². The van der Waals surface area contributed by atoms with E-state index < -0.39 is 5.91 Å². The average molecular weight is 313 g/mol. The van der Waals surface area contributed by atoms with E-state index in [1.807, 2.05) is 13.0 Å². The van der Waals surface area contributed by atoms with E-state index in [1.165, 1.54) is 19.2 Å². The van der Waals surface area contributed by atoms with E-state index in [1.54, 1.807) is 30.3 Å². The molecule has 120 valence electrons. The molecule has 0 spiro atoms. The number of nitrogens with zero attached hydrogens (tertiary/aromatic N) is 1. The zero-order valence-corrected chi connectivity index (χ0v) is 13.2. The van der Waals surface area contributed by atoms with Gasteiger partial charge in [0.2, 0.25) is 0 Å². The van der Waals surface area contributed by atoms with Crippen LogP contribution in [-0.4, -0.2) is 35.6 Å². The number of hydrogen-bond acceptors (Lipinski definition) is 4. The molecule has 0 heterocycles. The second-order valence-electron chi connectivity index (χ2n) is 5.11. The normalized spacial score (nSPS) is 10.2. The summed E-state index contributed by atoms with van der Waals surface area (Å²) < 4.78 is 5.53. The molecule has 0 aliphatic carbocycles. The van der Waals surface area contributed by atoms with Crippen LogP contribution in [-0.2, 0) is 0 Å². The molecular formula is C18H19NO4. The predicted molar refractivity (Wildman–Crippen MR) is 86.0 cm³/mol. The van der Waals surface area contributed by atoms with Crippen LogP contribution in [0.4, 0.5) is 0 Å². The SMILES string of the molecule is CCCOc1cccc(C(=O)c2ccc(C(=O)N(C)O)cc2)c1. The lowest BCUT2D eigenvalue weighted by molar-refractivity contribution is -0.0374. The molecule has 0 bridgehead atoms. The van der Waals surface area contributed by atoms with E-state index in [-0.39, 0.29) is 5.78 Å². The number of amides is 1. The number of benzene rings is 2. The van der Waals surface area contributed by atoms with Gasteiger partial charge in [-0.25, -0.2) is 5.06 Å². The molecule has 0 atom stereocenters. The Morgan fingerprint density at radius 2 is 1.70 bits per heavy atom. The molecule has 5 nitrogen and oxygen atoms in total. The maximum Gasteiger partial charge on any atom is 0.276 e. The molecule has 0 unspecified atom stereocenters.